The molecule has 0 bridgehead atoms. The highest BCUT2D eigenvalue weighted by molar-refractivity contribution is 7.13. The van der Waals surface area contributed by atoms with Gasteiger partial charge in [-0.15, -0.1) is 11.3 Å². The molecule has 0 saturated heterocycles. The third kappa shape index (κ3) is 5.74. The molecule has 2 rings (SSSR count). The van der Waals surface area contributed by atoms with Crippen LogP contribution in [0.3, 0.4) is 0 Å². The number of thiazole rings is 1. The molecule has 2 aromatic rings. The fourth-order valence-corrected chi connectivity index (χ4v) is 2.79. The first-order valence-corrected chi connectivity index (χ1v) is 8.37. The zero-order valence-corrected chi connectivity index (χ0v) is 14.6. The van der Waals surface area contributed by atoms with Crippen molar-refractivity contribution in [3.8, 4) is 0 Å². The van der Waals surface area contributed by atoms with Crippen LogP contribution in [0.5, 0.6) is 0 Å². The van der Waals surface area contributed by atoms with Crippen molar-refractivity contribution in [2.45, 2.75) is 19.4 Å². The van der Waals surface area contributed by atoms with Crippen LogP contribution in [0.2, 0.25) is 5.02 Å². The SMILES string of the molecule is CN(C)Cc1csc(NC(=O)CCC(=O)c2ccc(Cl)cc2)n1. The maximum absolute atomic E-state index is 12.0. The summed E-state index contributed by atoms with van der Waals surface area (Å²) in [6, 6.07) is 6.65. The second-order valence-electron chi connectivity index (χ2n) is 5.36. The van der Waals surface area contributed by atoms with E-state index in [1.165, 1.54) is 11.3 Å². The van der Waals surface area contributed by atoms with E-state index in [2.05, 4.69) is 10.3 Å². The molecule has 23 heavy (non-hydrogen) atoms. The lowest BCUT2D eigenvalue weighted by atomic mass is 10.1. The summed E-state index contributed by atoms with van der Waals surface area (Å²) in [5, 5.41) is 5.78. The lowest BCUT2D eigenvalue weighted by Gasteiger charge is -2.05. The van der Waals surface area contributed by atoms with Gasteiger partial charge >= 0.3 is 0 Å². The molecular formula is C16H18ClN3O2S. The van der Waals surface area contributed by atoms with E-state index in [9.17, 15) is 9.59 Å². The van der Waals surface area contributed by atoms with E-state index >= 15 is 0 Å². The van der Waals surface area contributed by atoms with Crippen LogP contribution in [0.25, 0.3) is 0 Å². The number of rotatable bonds is 7. The van der Waals surface area contributed by atoms with Gasteiger partial charge in [0, 0.05) is 35.4 Å². The predicted molar refractivity (Wildman–Crippen MR) is 93.2 cm³/mol. The first-order chi connectivity index (χ1) is 10.9. The van der Waals surface area contributed by atoms with Gasteiger partial charge in [-0.2, -0.15) is 0 Å². The Hall–Kier alpha value is -1.76. The number of nitrogens with one attached hydrogen (secondary N) is 1. The second kappa shape index (κ2) is 8.19. The van der Waals surface area contributed by atoms with Crippen molar-refractivity contribution in [2.24, 2.45) is 0 Å². The Kier molecular flexibility index (Phi) is 6.27. The number of aromatic nitrogens is 1. The molecule has 0 fully saturated rings. The first kappa shape index (κ1) is 17.6. The topological polar surface area (TPSA) is 62.3 Å². The van der Waals surface area contributed by atoms with Gasteiger partial charge < -0.3 is 10.2 Å². The van der Waals surface area contributed by atoms with E-state index in [0.717, 1.165) is 12.2 Å². The monoisotopic (exact) mass is 351 g/mol. The summed E-state index contributed by atoms with van der Waals surface area (Å²) in [7, 11) is 3.92. The molecule has 1 aromatic carbocycles. The number of carbonyl (C=O) groups is 2. The maximum atomic E-state index is 12.0. The van der Waals surface area contributed by atoms with Crippen LogP contribution in [0, 0.1) is 0 Å². The van der Waals surface area contributed by atoms with Crippen molar-refractivity contribution < 1.29 is 9.59 Å². The van der Waals surface area contributed by atoms with Crippen molar-refractivity contribution >= 4 is 39.8 Å². The molecule has 1 heterocycles. The van der Waals surface area contributed by atoms with Gasteiger partial charge in [0.25, 0.3) is 0 Å². The normalized spacial score (nSPS) is 10.8. The number of hydrogen-bond donors (Lipinski definition) is 1. The Morgan fingerprint density at radius 1 is 1.22 bits per heavy atom. The van der Waals surface area contributed by atoms with Gasteiger partial charge in [0.05, 0.1) is 5.69 Å². The predicted octanol–water partition coefficient (Wildman–Crippen LogP) is 3.46. The van der Waals surface area contributed by atoms with E-state index in [-0.39, 0.29) is 24.5 Å². The lowest BCUT2D eigenvalue weighted by molar-refractivity contribution is -0.116. The number of carbonyl (C=O) groups excluding carboxylic acids is 2. The van der Waals surface area contributed by atoms with Crippen LogP contribution in [-0.2, 0) is 11.3 Å². The molecule has 0 aliphatic carbocycles. The molecule has 0 spiro atoms. The standard InChI is InChI=1S/C16H18ClN3O2S/c1-20(2)9-13-10-23-16(18-13)19-15(22)8-7-14(21)11-3-5-12(17)6-4-11/h3-6,10H,7-9H2,1-2H3,(H,18,19,22). The van der Waals surface area contributed by atoms with Crippen molar-refractivity contribution in [1.29, 1.82) is 0 Å². The van der Waals surface area contributed by atoms with E-state index < -0.39 is 0 Å². The molecule has 1 amide bonds. The summed E-state index contributed by atoms with van der Waals surface area (Å²) in [5.74, 6) is -0.290. The number of ketones is 1. The molecule has 122 valence electrons. The molecule has 0 saturated carbocycles. The molecule has 1 aromatic heterocycles. The minimum Gasteiger partial charge on any atom is -0.304 e. The molecule has 7 heteroatoms. The van der Waals surface area contributed by atoms with Gasteiger partial charge in [-0.25, -0.2) is 4.98 Å². The average Bonchev–Trinajstić information content (AvgIpc) is 2.91. The van der Waals surface area contributed by atoms with Crippen molar-refractivity contribution in [1.82, 2.24) is 9.88 Å². The van der Waals surface area contributed by atoms with Crippen molar-refractivity contribution in [3.05, 3.63) is 45.9 Å². The van der Waals surface area contributed by atoms with E-state index in [1.807, 2.05) is 24.4 Å². The van der Waals surface area contributed by atoms with Crippen LogP contribution < -0.4 is 5.32 Å². The highest BCUT2D eigenvalue weighted by Crippen LogP contribution is 2.17. The summed E-state index contributed by atoms with van der Waals surface area (Å²) in [6.45, 7) is 0.724. The summed E-state index contributed by atoms with van der Waals surface area (Å²) in [5.41, 5.74) is 1.47. The molecule has 0 radical (unpaired) electrons. The molecule has 0 aliphatic heterocycles. The molecular weight excluding hydrogens is 334 g/mol. The largest absolute Gasteiger partial charge is 0.304 e. The van der Waals surface area contributed by atoms with Crippen LogP contribution in [0.15, 0.2) is 29.6 Å². The van der Waals surface area contributed by atoms with Gasteiger partial charge in [0.2, 0.25) is 5.91 Å². The number of Topliss-reactive ketones (excluding diaryl/α,β-unsaturated/α-hetero) is 1. The number of benzene rings is 1. The molecule has 1 N–H and O–H groups in total. The quantitative estimate of drug-likeness (QED) is 0.776. The highest BCUT2D eigenvalue weighted by Gasteiger charge is 2.11. The number of nitrogens with zero attached hydrogens (tertiary/aromatic N) is 2. The minimum atomic E-state index is -0.210. The first-order valence-electron chi connectivity index (χ1n) is 7.12. The molecule has 0 aliphatic rings. The van der Waals surface area contributed by atoms with Gasteiger partial charge in [0.15, 0.2) is 10.9 Å². The van der Waals surface area contributed by atoms with Gasteiger partial charge in [-0.1, -0.05) is 11.6 Å². The summed E-state index contributed by atoms with van der Waals surface area (Å²) >= 11 is 7.17. The number of anilines is 1. The lowest BCUT2D eigenvalue weighted by Crippen LogP contribution is -2.14. The van der Waals surface area contributed by atoms with Crippen LogP contribution >= 0.6 is 22.9 Å². The number of hydrogen-bond acceptors (Lipinski definition) is 5. The molecule has 5 nitrogen and oxygen atoms in total. The number of amides is 1. The minimum absolute atomic E-state index is 0.0794. The Morgan fingerprint density at radius 3 is 2.57 bits per heavy atom. The Balaban J connectivity index is 1.81. The number of halogens is 1. The van der Waals surface area contributed by atoms with Crippen LogP contribution in [0.4, 0.5) is 5.13 Å². The Labute approximate surface area is 144 Å². The Bertz CT molecular complexity index is 683. The summed E-state index contributed by atoms with van der Waals surface area (Å²) in [4.78, 5) is 30.2. The van der Waals surface area contributed by atoms with Gasteiger partial charge in [0.1, 0.15) is 0 Å². The fraction of sp³-hybridized carbons (Fsp3) is 0.312. The average molecular weight is 352 g/mol. The zero-order chi connectivity index (χ0) is 16.8. The third-order valence-electron chi connectivity index (χ3n) is 3.02. The van der Waals surface area contributed by atoms with Crippen LogP contribution in [-0.4, -0.2) is 35.7 Å². The summed E-state index contributed by atoms with van der Waals surface area (Å²) < 4.78 is 0. The zero-order valence-electron chi connectivity index (χ0n) is 13.0. The maximum Gasteiger partial charge on any atom is 0.226 e. The second-order valence-corrected chi connectivity index (χ2v) is 6.65. The van der Waals surface area contributed by atoms with Gasteiger partial charge in [-0.3, -0.25) is 9.59 Å². The highest BCUT2D eigenvalue weighted by atomic mass is 35.5. The van der Waals surface area contributed by atoms with Crippen LogP contribution in [0.1, 0.15) is 28.9 Å². The van der Waals surface area contributed by atoms with Gasteiger partial charge in [-0.05, 0) is 38.4 Å². The van der Waals surface area contributed by atoms with Crippen molar-refractivity contribution in [2.75, 3.05) is 19.4 Å². The molecule has 0 unspecified atom stereocenters. The van der Waals surface area contributed by atoms with Crippen molar-refractivity contribution in [3.63, 3.8) is 0 Å². The Morgan fingerprint density at radius 2 is 1.91 bits per heavy atom. The third-order valence-corrected chi connectivity index (χ3v) is 4.08. The van der Waals surface area contributed by atoms with E-state index in [4.69, 9.17) is 11.6 Å². The van der Waals surface area contributed by atoms with E-state index in [0.29, 0.717) is 15.7 Å². The van der Waals surface area contributed by atoms with E-state index in [1.54, 1.807) is 24.3 Å². The summed E-state index contributed by atoms with van der Waals surface area (Å²) in [6.07, 6.45) is 0.285. The molecule has 0 atom stereocenters. The fourth-order valence-electron chi connectivity index (χ4n) is 1.95. The smallest absolute Gasteiger partial charge is 0.226 e.